The van der Waals surface area contributed by atoms with Gasteiger partial charge in [-0.2, -0.15) is 9.97 Å². The number of nitrogen functional groups attached to an aromatic ring is 1. The van der Waals surface area contributed by atoms with Gasteiger partial charge in [0.2, 0.25) is 11.8 Å². The summed E-state index contributed by atoms with van der Waals surface area (Å²) in [6.45, 7) is 0.0790. The largest absolute Gasteiger partial charge is 0.468 e. The van der Waals surface area contributed by atoms with E-state index in [9.17, 15) is 9.59 Å². The summed E-state index contributed by atoms with van der Waals surface area (Å²) in [5.74, 6) is -0.443. The first-order valence-corrected chi connectivity index (χ1v) is 8.50. The number of anilines is 2. The van der Waals surface area contributed by atoms with Gasteiger partial charge in [0.1, 0.15) is 6.54 Å². The van der Waals surface area contributed by atoms with Gasteiger partial charge >= 0.3 is 5.97 Å². The molecule has 10 heteroatoms. The lowest BCUT2D eigenvalue weighted by Gasteiger charge is -2.12. The maximum Gasteiger partial charge on any atom is 0.325 e. The molecule has 1 aromatic carbocycles. The van der Waals surface area contributed by atoms with E-state index in [0.717, 1.165) is 5.56 Å². The summed E-state index contributed by atoms with van der Waals surface area (Å²) in [6.07, 6.45) is 0. The van der Waals surface area contributed by atoms with Gasteiger partial charge in [-0.1, -0.05) is 30.3 Å². The number of nitrogens with one attached hydrogen (secondary N) is 1. The number of benzene rings is 1. The minimum absolute atomic E-state index is 0.0830. The van der Waals surface area contributed by atoms with Crippen LogP contribution in [0, 0.1) is 0 Å². The number of aromatic nitrogens is 4. The molecule has 0 aliphatic heterocycles. The fourth-order valence-corrected chi connectivity index (χ4v) is 2.60. The molecule has 0 atom stereocenters. The third kappa shape index (κ3) is 3.85. The standard InChI is InChI=1S/C18H21N7O3/c1-24(2)18-22-14(19)13-15(23-18)25(10-11-7-5-4-6-8-11)16(21-13)17(27)20-9-12(26)28-3/h4-8H,9-10H2,1-3H3,(H,20,27)(H2,19,22,23). The molecule has 3 rings (SSSR count). The van der Waals surface area contributed by atoms with Crippen molar-refractivity contribution < 1.29 is 14.3 Å². The molecule has 0 aliphatic rings. The van der Waals surface area contributed by atoms with Crippen LogP contribution in [-0.2, 0) is 16.1 Å². The number of nitrogens with zero attached hydrogens (tertiary/aromatic N) is 5. The van der Waals surface area contributed by atoms with Gasteiger partial charge < -0.3 is 20.7 Å². The Labute approximate surface area is 161 Å². The lowest BCUT2D eigenvalue weighted by atomic mass is 10.2. The van der Waals surface area contributed by atoms with Crippen molar-refractivity contribution in [2.75, 3.05) is 38.4 Å². The molecule has 0 fully saturated rings. The minimum Gasteiger partial charge on any atom is -0.468 e. The second-order valence-electron chi connectivity index (χ2n) is 6.24. The molecule has 3 aromatic rings. The third-order valence-electron chi connectivity index (χ3n) is 4.02. The first-order valence-electron chi connectivity index (χ1n) is 8.50. The summed E-state index contributed by atoms with van der Waals surface area (Å²) in [4.78, 5) is 38.8. The molecule has 0 spiro atoms. The number of rotatable bonds is 6. The Morgan fingerprint density at radius 1 is 1.18 bits per heavy atom. The summed E-state index contributed by atoms with van der Waals surface area (Å²) < 4.78 is 6.21. The van der Waals surface area contributed by atoms with Crippen LogP contribution in [0.15, 0.2) is 30.3 Å². The number of methoxy groups -OCH3 is 1. The van der Waals surface area contributed by atoms with Crippen LogP contribution in [0.1, 0.15) is 16.2 Å². The van der Waals surface area contributed by atoms with Crippen LogP contribution in [0.5, 0.6) is 0 Å². The molecular weight excluding hydrogens is 362 g/mol. The van der Waals surface area contributed by atoms with Crippen molar-refractivity contribution in [2.24, 2.45) is 0 Å². The van der Waals surface area contributed by atoms with Gasteiger partial charge in [0.25, 0.3) is 5.91 Å². The number of carbonyl (C=O) groups excluding carboxylic acids is 2. The summed E-state index contributed by atoms with van der Waals surface area (Å²) in [5, 5.41) is 2.50. The summed E-state index contributed by atoms with van der Waals surface area (Å²) >= 11 is 0. The van der Waals surface area contributed by atoms with Crippen molar-refractivity contribution in [1.82, 2.24) is 24.8 Å². The lowest BCUT2D eigenvalue weighted by Crippen LogP contribution is -2.32. The average Bonchev–Trinajstić information content (AvgIpc) is 3.05. The molecule has 2 aromatic heterocycles. The number of hydrogen-bond donors (Lipinski definition) is 2. The fraction of sp³-hybridized carbons (Fsp3) is 0.278. The van der Waals surface area contributed by atoms with Gasteiger partial charge in [0.05, 0.1) is 13.7 Å². The second-order valence-corrected chi connectivity index (χ2v) is 6.24. The second kappa shape index (κ2) is 7.91. The molecule has 146 valence electrons. The molecule has 1 amide bonds. The highest BCUT2D eigenvalue weighted by Gasteiger charge is 2.22. The van der Waals surface area contributed by atoms with Crippen LogP contribution in [0.4, 0.5) is 11.8 Å². The Morgan fingerprint density at radius 2 is 1.89 bits per heavy atom. The summed E-state index contributed by atoms with van der Waals surface area (Å²) in [5.41, 5.74) is 7.76. The smallest absolute Gasteiger partial charge is 0.325 e. The van der Waals surface area contributed by atoms with Crippen molar-refractivity contribution in [3.63, 3.8) is 0 Å². The molecule has 0 unspecified atom stereocenters. The van der Waals surface area contributed by atoms with Gasteiger partial charge in [0, 0.05) is 14.1 Å². The predicted molar refractivity (Wildman–Crippen MR) is 104 cm³/mol. The maximum atomic E-state index is 12.7. The molecular formula is C18H21N7O3. The average molecular weight is 383 g/mol. The highest BCUT2D eigenvalue weighted by atomic mass is 16.5. The van der Waals surface area contributed by atoms with E-state index in [2.05, 4.69) is 25.0 Å². The molecule has 0 aliphatic carbocycles. The van der Waals surface area contributed by atoms with E-state index in [1.165, 1.54) is 7.11 Å². The fourth-order valence-electron chi connectivity index (χ4n) is 2.60. The molecule has 28 heavy (non-hydrogen) atoms. The first kappa shape index (κ1) is 19.1. The van der Waals surface area contributed by atoms with E-state index < -0.39 is 11.9 Å². The normalized spacial score (nSPS) is 10.7. The number of hydrogen-bond acceptors (Lipinski definition) is 8. The van der Waals surface area contributed by atoms with Crippen LogP contribution < -0.4 is 16.0 Å². The van der Waals surface area contributed by atoms with Crippen molar-refractivity contribution in [3.8, 4) is 0 Å². The Kier molecular flexibility index (Phi) is 5.39. The number of imidazole rings is 1. The van der Waals surface area contributed by atoms with Crippen molar-refractivity contribution in [3.05, 3.63) is 41.7 Å². The topological polar surface area (TPSA) is 128 Å². The van der Waals surface area contributed by atoms with Gasteiger partial charge in [-0.25, -0.2) is 4.98 Å². The highest BCUT2D eigenvalue weighted by Crippen LogP contribution is 2.23. The molecule has 10 nitrogen and oxygen atoms in total. The van der Waals surface area contributed by atoms with E-state index in [0.29, 0.717) is 23.7 Å². The van der Waals surface area contributed by atoms with Crippen LogP contribution in [-0.4, -0.2) is 59.1 Å². The van der Waals surface area contributed by atoms with E-state index >= 15 is 0 Å². The number of amides is 1. The Morgan fingerprint density at radius 3 is 2.54 bits per heavy atom. The zero-order chi connectivity index (χ0) is 20.3. The molecule has 0 saturated heterocycles. The van der Waals surface area contributed by atoms with E-state index in [1.807, 2.05) is 30.3 Å². The van der Waals surface area contributed by atoms with E-state index in [4.69, 9.17) is 5.73 Å². The number of ether oxygens (including phenoxy) is 1. The van der Waals surface area contributed by atoms with Gasteiger partial charge in [-0.05, 0) is 5.56 Å². The quantitative estimate of drug-likeness (QED) is 0.586. The molecule has 3 N–H and O–H groups in total. The SMILES string of the molecule is COC(=O)CNC(=O)c1nc2c(N)nc(N(C)C)nc2n1Cc1ccccc1. The molecule has 0 bridgehead atoms. The van der Waals surface area contributed by atoms with Crippen molar-refractivity contribution in [1.29, 1.82) is 0 Å². The third-order valence-corrected chi connectivity index (χ3v) is 4.02. The first-order chi connectivity index (χ1) is 13.4. The predicted octanol–water partition coefficient (Wildman–Crippen LogP) is 0.426. The molecule has 2 heterocycles. The van der Waals surface area contributed by atoms with Crippen molar-refractivity contribution in [2.45, 2.75) is 6.54 Å². The Balaban J connectivity index is 2.10. The Hall–Kier alpha value is -3.69. The maximum absolute atomic E-state index is 12.7. The van der Waals surface area contributed by atoms with Crippen LogP contribution >= 0.6 is 0 Å². The number of nitrogens with two attached hydrogens (primary N) is 1. The van der Waals surface area contributed by atoms with Crippen LogP contribution in [0.3, 0.4) is 0 Å². The molecule has 0 radical (unpaired) electrons. The summed E-state index contributed by atoms with van der Waals surface area (Å²) in [6, 6.07) is 9.57. The number of fused-ring (bicyclic) bond motifs is 1. The summed E-state index contributed by atoms with van der Waals surface area (Å²) in [7, 11) is 4.84. The molecule has 0 saturated carbocycles. The number of carbonyl (C=O) groups is 2. The van der Waals surface area contributed by atoms with Gasteiger partial charge in [-0.3, -0.25) is 14.2 Å². The van der Waals surface area contributed by atoms with Crippen molar-refractivity contribution >= 4 is 34.8 Å². The Bertz CT molecular complexity index is 1010. The van der Waals surface area contributed by atoms with Crippen LogP contribution in [0.2, 0.25) is 0 Å². The zero-order valence-corrected chi connectivity index (χ0v) is 15.8. The number of esters is 1. The lowest BCUT2D eigenvalue weighted by molar-refractivity contribution is -0.139. The zero-order valence-electron chi connectivity index (χ0n) is 15.8. The van der Waals surface area contributed by atoms with E-state index in [-0.39, 0.29) is 18.2 Å². The monoisotopic (exact) mass is 383 g/mol. The highest BCUT2D eigenvalue weighted by molar-refractivity contribution is 5.97. The van der Waals surface area contributed by atoms with Gasteiger partial charge in [0.15, 0.2) is 17.0 Å². The van der Waals surface area contributed by atoms with Gasteiger partial charge in [-0.15, -0.1) is 0 Å². The minimum atomic E-state index is -0.562. The van der Waals surface area contributed by atoms with E-state index in [1.54, 1.807) is 23.6 Å². The van der Waals surface area contributed by atoms with Crippen LogP contribution in [0.25, 0.3) is 11.2 Å².